The number of hydrogen-bond acceptors (Lipinski definition) is 4. The predicted octanol–water partition coefficient (Wildman–Crippen LogP) is 4.03. The zero-order chi connectivity index (χ0) is 18.2. The summed E-state index contributed by atoms with van der Waals surface area (Å²) >= 11 is 1.60. The number of hydrogen-bond donors (Lipinski definition) is 2. The number of rotatable bonds is 3. The number of imidazole rings is 1. The van der Waals surface area contributed by atoms with Crippen LogP contribution in [0.15, 0.2) is 48.0 Å². The topological polar surface area (TPSA) is 77.7 Å². The minimum absolute atomic E-state index is 0.0351. The highest BCUT2D eigenvalue weighted by Gasteiger charge is 2.29. The van der Waals surface area contributed by atoms with E-state index in [-0.39, 0.29) is 11.8 Å². The van der Waals surface area contributed by atoms with Crippen LogP contribution in [0.25, 0.3) is 21.6 Å². The Kier molecular flexibility index (Phi) is 4.01. The maximum Gasteiger partial charge on any atom is 0.257 e. The fraction of sp³-hybridized carbons (Fsp3) is 0.250. The standard InChI is InChI=1S/C20H19N5OS/c26-20(14-11-21-24-18(14)17-8-4-10-27-17)25-9-3-5-13(12-25)19-22-15-6-1-2-7-16(15)23-19/h1-2,4,6-8,10-11,13H,3,5,9,12H2,(H,21,24)(H,22,23)/t13-/m0/s1. The Labute approximate surface area is 160 Å². The number of piperidine rings is 1. The molecule has 4 aromatic rings. The van der Waals surface area contributed by atoms with Crippen LogP contribution in [-0.2, 0) is 0 Å². The number of nitrogens with one attached hydrogen (secondary N) is 2. The number of H-pyrrole nitrogens is 2. The van der Waals surface area contributed by atoms with E-state index in [2.05, 4.69) is 15.2 Å². The van der Waals surface area contributed by atoms with Gasteiger partial charge in [-0.05, 0) is 36.4 Å². The number of para-hydroxylation sites is 2. The molecule has 1 aliphatic rings. The second kappa shape index (κ2) is 6.66. The zero-order valence-electron chi connectivity index (χ0n) is 14.7. The molecule has 0 unspecified atom stereocenters. The quantitative estimate of drug-likeness (QED) is 0.566. The molecule has 0 spiro atoms. The monoisotopic (exact) mass is 377 g/mol. The van der Waals surface area contributed by atoms with Crippen LogP contribution in [0.3, 0.4) is 0 Å². The summed E-state index contributed by atoms with van der Waals surface area (Å²) in [5, 5.41) is 9.10. The van der Waals surface area contributed by atoms with Gasteiger partial charge in [0.05, 0.1) is 33.4 Å². The third kappa shape index (κ3) is 2.94. The van der Waals surface area contributed by atoms with Crippen LogP contribution in [0, 0.1) is 0 Å². The van der Waals surface area contributed by atoms with Crippen LogP contribution >= 0.6 is 11.3 Å². The van der Waals surface area contributed by atoms with E-state index in [0.717, 1.165) is 46.8 Å². The van der Waals surface area contributed by atoms with Gasteiger partial charge in [0, 0.05) is 19.0 Å². The Hall–Kier alpha value is -2.93. The second-order valence-electron chi connectivity index (χ2n) is 6.87. The Morgan fingerprint density at radius 2 is 2.15 bits per heavy atom. The molecule has 0 saturated carbocycles. The van der Waals surface area contributed by atoms with Crippen molar-refractivity contribution in [3.8, 4) is 10.6 Å². The minimum atomic E-state index is 0.0351. The molecule has 5 rings (SSSR count). The number of aromatic amines is 2. The van der Waals surface area contributed by atoms with Gasteiger partial charge in [-0.15, -0.1) is 11.3 Å². The van der Waals surface area contributed by atoms with Crippen molar-refractivity contribution in [3.05, 3.63) is 59.4 Å². The van der Waals surface area contributed by atoms with Crippen LogP contribution in [0.2, 0.25) is 0 Å². The molecule has 27 heavy (non-hydrogen) atoms. The second-order valence-corrected chi connectivity index (χ2v) is 7.81. The molecule has 1 fully saturated rings. The van der Waals surface area contributed by atoms with Crippen LogP contribution in [0.4, 0.5) is 0 Å². The Bertz CT molecular complexity index is 1050. The number of carbonyl (C=O) groups excluding carboxylic acids is 1. The van der Waals surface area contributed by atoms with Gasteiger partial charge in [0.1, 0.15) is 5.82 Å². The van der Waals surface area contributed by atoms with E-state index in [1.165, 1.54) is 0 Å². The van der Waals surface area contributed by atoms with Gasteiger partial charge in [0.2, 0.25) is 0 Å². The molecule has 0 bridgehead atoms. The summed E-state index contributed by atoms with van der Waals surface area (Å²) in [6.07, 6.45) is 3.65. The molecular formula is C20H19N5OS. The van der Waals surface area contributed by atoms with Gasteiger partial charge in [-0.3, -0.25) is 9.89 Å². The first kappa shape index (κ1) is 16.3. The Morgan fingerprint density at radius 3 is 3.00 bits per heavy atom. The maximum absolute atomic E-state index is 13.2. The van der Waals surface area contributed by atoms with Crippen LogP contribution < -0.4 is 0 Å². The van der Waals surface area contributed by atoms with E-state index >= 15 is 0 Å². The molecule has 6 nitrogen and oxygen atoms in total. The van der Waals surface area contributed by atoms with E-state index < -0.39 is 0 Å². The number of thiophene rings is 1. The lowest BCUT2D eigenvalue weighted by Gasteiger charge is -2.31. The number of fused-ring (bicyclic) bond motifs is 1. The average Bonchev–Trinajstić information content (AvgIpc) is 3.47. The van der Waals surface area contributed by atoms with E-state index in [4.69, 9.17) is 4.98 Å². The Balaban J connectivity index is 1.40. The van der Waals surface area contributed by atoms with Gasteiger partial charge in [0.25, 0.3) is 5.91 Å². The first-order valence-corrected chi connectivity index (χ1v) is 9.99. The van der Waals surface area contributed by atoms with E-state index in [0.29, 0.717) is 12.1 Å². The summed E-state index contributed by atoms with van der Waals surface area (Å²) in [6.45, 7) is 1.44. The highest BCUT2D eigenvalue weighted by molar-refractivity contribution is 7.13. The number of nitrogens with zero attached hydrogens (tertiary/aromatic N) is 3. The molecule has 2 N–H and O–H groups in total. The number of benzene rings is 1. The van der Waals surface area contributed by atoms with Gasteiger partial charge in [-0.2, -0.15) is 5.10 Å². The largest absolute Gasteiger partial charge is 0.342 e. The van der Waals surface area contributed by atoms with Crippen molar-refractivity contribution < 1.29 is 4.79 Å². The lowest BCUT2D eigenvalue weighted by Crippen LogP contribution is -2.39. The van der Waals surface area contributed by atoms with Crippen molar-refractivity contribution >= 4 is 28.3 Å². The molecule has 1 aliphatic heterocycles. The van der Waals surface area contributed by atoms with Gasteiger partial charge in [-0.25, -0.2) is 4.98 Å². The van der Waals surface area contributed by atoms with Crippen molar-refractivity contribution in [2.45, 2.75) is 18.8 Å². The number of likely N-dealkylation sites (tertiary alicyclic amines) is 1. The molecular weight excluding hydrogens is 358 g/mol. The van der Waals surface area contributed by atoms with Gasteiger partial charge < -0.3 is 9.88 Å². The number of amides is 1. The fourth-order valence-corrected chi connectivity index (χ4v) is 4.51. The molecule has 3 aromatic heterocycles. The highest BCUT2D eigenvalue weighted by Crippen LogP contribution is 2.30. The predicted molar refractivity (Wildman–Crippen MR) is 106 cm³/mol. The molecule has 1 atom stereocenters. The number of aromatic nitrogens is 4. The molecule has 0 radical (unpaired) electrons. The van der Waals surface area contributed by atoms with Crippen molar-refractivity contribution in [2.75, 3.05) is 13.1 Å². The first-order valence-electron chi connectivity index (χ1n) is 9.11. The maximum atomic E-state index is 13.2. The van der Waals surface area contributed by atoms with Crippen molar-refractivity contribution in [2.24, 2.45) is 0 Å². The van der Waals surface area contributed by atoms with Crippen LogP contribution in [0.5, 0.6) is 0 Å². The van der Waals surface area contributed by atoms with Crippen LogP contribution in [0.1, 0.15) is 34.9 Å². The van der Waals surface area contributed by atoms with E-state index in [9.17, 15) is 4.79 Å². The molecule has 4 heterocycles. The summed E-state index contributed by atoms with van der Waals surface area (Å²) in [5.41, 5.74) is 3.47. The van der Waals surface area contributed by atoms with Crippen LogP contribution in [-0.4, -0.2) is 44.1 Å². The van der Waals surface area contributed by atoms with Crippen molar-refractivity contribution in [1.29, 1.82) is 0 Å². The molecule has 1 amide bonds. The van der Waals surface area contributed by atoms with E-state index in [1.54, 1.807) is 17.5 Å². The highest BCUT2D eigenvalue weighted by atomic mass is 32.1. The summed E-state index contributed by atoms with van der Waals surface area (Å²) in [4.78, 5) is 24.3. The normalized spacial score (nSPS) is 17.5. The molecule has 1 aromatic carbocycles. The van der Waals surface area contributed by atoms with Gasteiger partial charge in [-0.1, -0.05) is 18.2 Å². The minimum Gasteiger partial charge on any atom is -0.342 e. The first-order chi connectivity index (χ1) is 13.3. The Morgan fingerprint density at radius 1 is 1.22 bits per heavy atom. The average molecular weight is 377 g/mol. The lowest BCUT2D eigenvalue weighted by molar-refractivity contribution is 0.0706. The third-order valence-corrected chi connectivity index (χ3v) is 6.03. The summed E-state index contributed by atoms with van der Waals surface area (Å²) in [5.74, 6) is 1.24. The SMILES string of the molecule is O=C(c1cn[nH]c1-c1cccs1)N1CCC[C@H](c2nc3ccccc3[nH]2)C1. The molecule has 0 aliphatic carbocycles. The van der Waals surface area contributed by atoms with Crippen molar-refractivity contribution in [3.63, 3.8) is 0 Å². The smallest absolute Gasteiger partial charge is 0.257 e. The molecule has 7 heteroatoms. The van der Waals surface area contributed by atoms with Gasteiger partial charge in [0.15, 0.2) is 0 Å². The van der Waals surface area contributed by atoms with Crippen molar-refractivity contribution in [1.82, 2.24) is 25.1 Å². The number of carbonyl (C=O) groups is 1. The van der Waals surface area contributed by atoms with E-state index in [1.807, 2.05) is 46.7 Å². The fourth-order valence-electron chi connectivity index (χ4n) is 3.78. The zero-order valence-corrected chi connectivity index (χ0v) is 15.5. The third-order valence-electron chi connectivity index (χ3n) is 5.14. The summed E-state index contributed by atoms with van der Waals surface area (Å²) < 4.78 is 0. The van der Waals surface area contributed by atoms with Gasteiger partial charge >= 0.3 is 0 Å². The summed E-state index contributed by atoms with van der Waals surface area (Å²) in [7, 11) is 0. The molecule has 136 valence electrons. The summed E-state index contributed by atoms with van der Waals surface area (Å²) in [6, 6.07) is 12.0. The molecule has 1 saturated heterocycles. The lowest BCUT2D eigenvalue weighted by atomic mass is 9.96.